The van der Waals surface area contributed by atoms with Gasteiger partial charge >= 0.3 is 0 Å². The number of hydrogen-bond donors (Lipinski definition) is 0. The van der Waals surface area contributed by atoms with Crippen molar-refractivity contribution in [3.8, 4) is 0 Å². The highest BCUT2D eigenvalue weighted by Gasteiger charge is 2.22. The molecule has 60 valence electrons. The maximum atomic E-state index is 11.1. The van der Waals surface area contributed by atoms with Crippen molar-refractivity contribution in [2.75, 3.05) is 13.2 Å². The summed E-state index contributed by atoms with van der Waals surface area (Å²) in [7, 11) is 0. The number of carbonyl (C=O) groups is 1. The summed E-state index contributed by atoms with van der Waals surface area (Å²) >= 11 is 4.78. The van der Waals surface area contributed by atoms with Crippen LogP contribution in [0, 0.1) is 0 Å². The lowest BCUT2D eigenvalue weighted by atomic mass is 10.4. The number of nitrogens with zero attached hydrogens (tertiary/aromatic N) is 1. The van der Waals surface area contributed by atoms with Gasteiger partial charge in [-0.05, 0) is 25.2 Å². The van der Waals surface area contributed by atoms with Gasteiger partial charge < -0.3 is 4.74 Å². The van der Waals surface area contributed by atoms with Crippen LogP contribution in [0.25, 0.3) is 0 Å². The molecular formula is C7H9NO2S. The molecule has 0 atom stereocenters. The third-order valence-corrected chi connectivity index (χ3v) is 1.67. The fourth-order valence-corrected chi connectivity index (χ4v) is 1.09. The van der Waals surface area contributed by atoms with Crippen LogP contribution in [-0.2, 0) is 9.53 Å². The Labute approximate surface area is 70.6 Å². The number of ether oxygens (including phenoxy) is 1. The zero-order valence-electron chi connectivity index (χ0n) is 6.24. The summed E-state index contributed by atoms with van der Waals surface area (Å²) in [5.41, 5.74) is 0. The molecule has 4 heteroatoms. The van der Waals surface area contributed by atoms with Crippen molar-refractivity contribution < 1.29 is 9.53 Å². The average Bonchev–Trinajstić information content (AvgIpc) is 2.36. The lowest BCUT2D eigenvalue weighted by Crippen LogP contribution is -2.29. The van der Waals surface area contributed by atoms with E-state index in [4.69, 9.17) is 17.0 Å². The molecule has 1 rings (SSSR count). The van der Waals surface area contributed by atoms with Crippen LogP contribution in [0.5, 0.6) is 0 Å². The van der Waals surface area contributed by atoms with Gasteiger partial charge in [-0.25, -0.2) is 0 Å². The van der Waals surface area contributed by atoms with Crippen molar-refractivity contribution in [1.82, 2.24) is 4.90 Å². The first kappa shape index (κ1) is 8.20. The Bertz CT molecular complexity index is 212. The third kappa shape index (κ3) is 1.77. The van der Waals surface area contributed by atoms with Gasteiger partial charge in [0, 0.05) is 0 Å². The minimum Gasteiger partial charge on any atom is -0.469 e. The molecule has 1 fully saturated rings. The smallest absolute Gasteiger partial charge is 0.266 e. The third-order valence-electron chi connectivity index (χ3n) is 1.34. The Morgan fingerprint density at radius 1 is 1.82 bits per heavy atom. The Morgan fingerprint density at radius 3 is 3.00 bits per heavy atom. The first-order chi connectivity index (χ1) is 5.25. The second kappa shape index (κ2) is 3.48. The van der Waals surface area contributed by atoms with E-state index in [2.05, 4.69) is 0 Å². The minimum atomic E-state index is -0.102. The predicted molar refractivity (Wildman–Crippen MR) is 45.1 cm³/mol. The molecule has 0 saturated carbocycles. The second-order valence-corrected chi connectivity index (χ2v) is 2.45. The summed E-state index contributed by atoms with van der Waals surface area (Å²) in [6.45, 7) is 2.88. The topological polar surface area (TPSA) is 29.5 Å². The normalized spacial score (nSPS) is 17.5. The van der Waals surface area contributed by atoms with Crippen molar-refractivity contribution >= 4 is 23.3 Å². The Kier molecular flexibility index (Phi) is 2.59. The van der Waals surface area contributed by atoms with E-state index in [1.165, 1.54) is 11.0 Å². The number of allylic oxidation sites excluding steroid dienone is 1. The van der Waals surface area contributed by atoms with Crippen LogP contribution in [0.1, 0.15) is 6.92 Å². The summed E-state index contributed by atoms with van der Waals surface area (Å²) < 4.78 is 4.94. The lowest BCUT2D eigenvalue weighted by Gasteiger charge is -2.08. The molecule has 0 radical (unpaired) electrons. The van der Waals surface area contributed by atoms with Crippen LogP contribution in [0.3, 0.4) is 0 Å². The largest absolute Gasteiger partial charge is 0.469 e. The molecule has 0 aliphatic carbocycles. The van der Waals surface area contributed by atoms with Crippen LogP contribution in [0.4, 0.5) is 0 Å². The summed E-state index contributed by atoms with van der Waals surface area (Å²) in [5.74, 6) is -0.102. The monoisotopic (exact) mass is 171 g/mol. The summed E-state index contributed by atoms with van der Waals surface area (Å²) in [6.07, 6.45) is 3.16. The van der Waals surface area contributed by atoms with Crippen molar-refractivity contribution in [3.05, 3.63) is 12.2 Å². The quantitative estimate of drug-likeness (QED) is 0.430. The van der Waals surface area contributed by atoms with Crippen molar-refractivity contribution in [3.63, 3.8) is 0 Å². The molecule has 0 N–H and O–H groups in total. The molecular weight excluding hydrogens is 162 g/mol. The van der Waals surface area contributed by atoms with Gasteiger partial charge in [0.25, 0.3) is 11.1 Å². The molecule has 3 nitrogen and oxygen atoms in total. The molecule has 0 aromatic carbocycles. The van der Waals surface area contributed by atoms with Gasteiger partial charge in [-0.15, -0.1) is 0 Å². The summed E-state index contributed by atoms with van der Waals surface area (Å²) in [5, 5.41) is 0.285. The van der Waals surface area contributed by atoms with Gasteiger partial charge in [0.1, 0.15) is 6.61 Å². The van der Waals surface area contributed by atoms with Crippen LogP contribution in [0.15, 0.2) is 12.2 Å². The highest BCUT2D eigenvalue weighted by Crippen LogP contribution is 2.04. The van der Waals surface area contributed by atoms with Crippen molar-refractivity contribution in [2.24, 2.45) is 0 Å². The molecule has 1 saturated heterocycles. The van der Waals surface area contributed by atoms with E-state index in [0.717, 1.165) is 0 Å². The zero-order valence-corrected chi connectivity index (χ0v) is 7.06. The fourth-order valence-electron chi connectivity index (χ4n) is 0.826. The van der Waals surface area contributed by atoms with Crippen molar-refractivity contribution in [2.45, 2.75) is 6.92 Å². The van der Waals surface area contributed by atoms with E-state index < -0.39 is 0 Å². The average molecular weight is 171 g/mol. The molecule has 0 aromatic heterocycles. The Balaban J connectivity index is 2.59. The van der Waals surface area contributed by atoms with Crippen molar-refractivity contribution in [1.29, 1.82) is 0 Å². The molecule has 1 aliphatic rings. The van der Waals surface area contributed by atoms with Gasteiger partial charge in [0.05, 0.1) is 6.54 Å². The van der Waals surface area contributed by atoms with Gasteiger partial charge in [0.2, 0.25) is 0 Å². The van der Waals surface area contributed by atoms with Gasteiger partial charge in [-0.1, -0.05) is 6.08 Å². The first-order valence-corrected chi connectivity index (χ1v) is 3.77. The molecule has 0 bridgehead atoms. The molecule has 0 unspecified atom stereocenters. The van der Waals surface area contributed by atoms with Crippen LogP contribution >= 0.6 is 12.2 Å². The van der Waals surface area contributed by atoms with E-state index >= 15 is 0 Å². The van der Waals surface area contributed by atoms with E-state index in [9.17, 15) is 4.79 Å². The maximum absolute atomic E-state index is 11.1. The number of hydrogen-bond acceptors (Lipinski definition) is 3. The number of amides is 1. The fraction of sp³-hybridized carbons (Fsp3) is 0.429. The van der Waals surface area contributed by atoms with E-state index in [1.54, 1.807) is 13.0 Å². The highest BCUT2D eigenvalue weighted by molar-refractivity contribution is 7.80. The van der Waals surface area contributed by atoms with Gasteiger partial charge in [0.15, 0.2) is 0 Å². The standard InChI is InChI=1S/C7H9NO2S/c1-2-3-6(9)8-4-5-10-7(8)11/h2-3H,4-5H2,1H3/b3-2+. The lowest BCUT2D eigenvalue weighted by molar-refractivity contribution is -0.121. The molecule has 1 amide bonds. The van der Waals surface area contributed by atoms with Crippen LogP contribution < -0.4 is 0 Å². The van der Waals surface area contributed by atoms with Gasteiger partial charge in [-0.3, -0.25) is 9.69 Å². The number of thiocarbonyl (C=S) groups is 1. The van der Waals surface area contributed by atoms with E-state index in [0.29, 0.717) is 13.2 Å². The maximum Gasteiger partial charge on any atom is 0.266 e. The summed E-state index contributed by atoms with van der Waals surface area (Å²) in [6, 6.07) is 0. The molecule has 1 heterocycles. The molecule has 1 aliphatic heterocycles. The van der Waals surface area contributed by atoms with E-state index in [1.807, 2.05) is 0 Å². The van der Waals surface area contributed by atoms with Crippen LogP contribution in [0.2, 0.25) is 0 Å². The molecule has 0 spiro atoms. The Morgan fingerprint density at radius 2 is 2.55 bits per heavy atom. The molecule has 0 aromatic rings. The van der Waals surface area contributed by atoms with Crippen LogP contribution in [-0.4, -0.2) is 29.1 Å². The second-order valence-electron chi connectivity index (χ2n) is 2.10. The summed E-state index contributed by atoms with van der Waals surface area (Å²) in [4.78, 5) is 12.6. The van der Waals surface area contributed by atoms with Gasteiger partial charge in [-0.2, -0.15) is 0 Å². The molecule has 11 heavy (non-hydrogen) atoms. The SMILES string of the molecule is C/C=C/C(=O)N1CCOC1=S. The predicted octanol–water partition coefficient (Wildman–Crippen LogP) is 0.706. The van der Waals surface area contributed by atoms with E-state index in [-0.39, 0.29) is 11.1 Å². The Hall–Kier alpha value is -0.900. The number of carbonyl (C=O) groups excluding carboxylic acids is 1. The minimum absolute atomic E-state index is 0.102. The highest BCUT2D eigenvalue weighted by atomic mass is 32.1. The number of rotatable bonds is 1. The zero-order chi connectivity index (χ0) is 8.27. The first-order valence-electron chi connectivity index (χ1n) is 3.36.